The molecular weight excluding hydrogens is 268 g/mol. The first kappa shape index (κ1) is 18.9. The molecule has 0 aliphatic heterocycles. The van der Waals surface area contributed by atoms with Crippen molar-refractivity contribution in [2.45, 2.75) is 90.9 Å². The highest BCUT2D eigenvalue weighted by atomic mass is 16.1. The molecule has 0 aliphatic rings. The number of rotatable bonds is 13. The van der Waals surface area contributed by atoms with E-state index in [9.17, 15) is 4.79 Å². The zero-order valence-corrected chi connectivity index (χ0v) is 14.7. The van der Waals surface area contributed by atoms with Gasteiger partial charge in [0.2, 0.25) is 0 Å². The summed E-state index contributed by atoms with van der Waals surface area (Å²) in [7, 11) is 0. The van der Waals surface area contributed by atoms with E-state index in [1.165, 1.54) is 69.8 Å². The molecule has 0 bridgehead atoms. The van der Waals surface area contributed by atoms with Gasteiger partial charge in [-0.2, -0.15) is 0 Å². The third kappa shape index (κ3) is 8.36. The van der Waals surface area contributed by atoms with E-state index in [0.717, 1.165) is 12.0 Å². The molecule has 22 heavy (non-hydrogen) atoms. The van der Waals surface area contributed by atoms with Crippen molar-refractivity contribution in [3.05, 3.63) is 35.4 Å². The molecule has 0 radical (unpaired) electrons. The van der Waals surface area contributed by atoms with Gasteiger partial charge in [0.1, 0.15) is 0 Å². The minimum atomic E-state index is 0.241. The van der Waals surface area contributed by atoms with Crippen LogP contribution in [-0.4, -0.2) is 5.78 Å². The van der Waals surface area contributed by atoms with E-state index in [1.54, 1.807) is 0 Å². The summed E-state index contributed by atoms with van der Waals surface area (Å²) in [6, 6.07) is 8.21. The number of aryl methyl sites for hydroxylation is 1. The number of Topliss-reactive ketones (excluding diaryl/α,β-unsaturated/α-hetero) is 1. The minimum Gasteiger partial charge on any atom is -0.294 e. The maximum absolute atomic E-state index is 11.6. The summed E-state index contributed by atoms with van der Waals surface area (Å²) in [5.74, 6) is 0.241. The summed E-state index contributed by atoms with van der Waals surface area (Å²) in [6.45, 7) is 4.19. The Morgan fingerprint density at radius 2 is 1.23 bits per heavy atom. The summed E-state index contributed by atoms with van der Waals surface area (Å²) in [5.41, 5.74) is 2.22. The van der Waals surface area contributed by atoms with Crippen LogP contribution in [0.15, 0.2) is 24.3 Å². The first-order chi connectivity index (χ1) is 10.8. The van der Waals surface area contributed by atoms with Crippen molar-refractivity contribution in [1.82, 2.24) is 0 Å². The van der Waals surface area contributed by atoms with Crippen molar-refractivity contribution in [2.75, 3.05) is 0 Å². The molecular formula is C21H34O. The van der Waals surface area contributed by atoms with Gasteiger partial charge in [-0.05, 0) is 18.4 Å². The monoisotopic (exact) mass is 302 g/mol. The SMILES string of the molecule is CCCCCCCCCCCCc1ccc(C(=O)CC)cc1. The Balaban J connectivity index is 2.01. The lowest BCUT2D eigenvalue weighted by Crippen LogP contribution is -1.96. The first-order valence-electron chi connectivity index (χ1n) is 9.40. The third-order valence-electron chi connectivity index (χ3n) is 4.42. The normalized spacial score (nSPS) is 10.8. The topological polar surface area (TPSA) is 17.1 Å². The van der Waals surface area contributed by atoms with Gasteiger partial charge >= 0.3 is 0 Å². The molecule has 1 aromatic carbocycles. The van der Waals surface area contributed by atoms with Crippen LogP contribution in [0.3, 0.4) is 0 Å². The van der Waals surface area contributed by atoms with Crippen molar-refractivity contribution >= 4 is 5.78 Å². The fraction of sp³-hybridized carbons (Fsp3) is 0.667. The highest BCUT2D eigenvalue weighted by molar-refractivity contribution is 5.95. The number of carbonyl (C=O) groups is 1. The van der Waals surface area contributed by atoms with Crippen LogP contribution in [-0.2, 0) is 6.42 Å². The molecule has 1 heteroatoms. The van der Waals surface area contributed by atoms with E-state index < -0.39 is 0 Å². The molecule has 0 N–H and O–H groups in total. The molecule has 0 atom stereocenters. The van der Waals surface area contributed by atoms with Gasteiger partial charge in [-0.15, -0.1) is 0 Å². The van der Waals surface area contributed by atoms with Crippen LogP contribution in [0.4, 0.5) is 0 Å². The molecule has 0 unspecified atom stereocenters. The summed E-state index contributed by atoms with van der Waals surface area (Å²) in [6.07, 6.45) is 15.6. The molecule has 0 aliphatic carbocycles. The summed E-state index contributed by atoms with van der Waals surface area (Å²) in [4.78, 5) is 11.6. The van der Waals surface area contributed by atoms with Crippen molar-refractivity contribution < 1.29 is 4.79 Å². The summed E-state index contributed by atoms with van der Waals surface area (Å²) < 4.78 is 0. The van der Waals surface area contributed by atoms with Crippen LogP contribution < -0.4 is 0 Å². The summed E-state index contributed by atoms with van der Waals surface area (Å²) >= 11 is 0. The van der Waals surface area contributed by atoms with Gasteiger partial charge < -0.3 is 0 Å². The Morgan fingerprint density at radius 1 is 0.727 bits per heavy atom. The van der Waals surface area contributed by atoms with E-state index in [1.807, 2.05) is 19.1 Å². The molecule has 1 aromatic rings. The molecule has 0 heterocycles. The van der Waals surface area contributed by atoms with Crippen LogP contribution >= 0.6 is 0 Å². The molecule has 124 valence electrons. The maximum Gasteiger partial charge on any atom is 0.162 e. The van der Waals surface area contributed by atoms with E-state index >= 15 is 0 Å². The van der Waals surface area contributed by atoms with Crippen molar-refractivity contribution in [3.8, 4) is 0 Å². The van der Waals surface area contributed by atoms with Crippen LogP contribution in [0.2, 0.25) is 0 Å². The van der Waals surface area contributed by atoms with E-state index in [-0.39, 0.29) is 5.78 Å². The van der Waals surface area contributed by atoms with Crippen molar-refractivity contribution in [3.63, 3.8) is 0 Å². The average Bonchev–Trinajstić information content (AvgIpc) is 2.56. The highest BCUT2D eigenvalue weighted by Gasteiger charge is 2.02. The lowest BCUT2D eigenvalue weighted by Gasteiger charge is -2.04. The zero-order chi connectivity index (χ0) is 16.0. The third-order valence-corrected chi connectivity index (χ3v) is 4.42. The van der Waals surface area contributed by atoms with Gasteiger partial charge in [0, 0.05) is 12.0 Å². The van der Waals surface area contributed by atoms with E-state index in [4.69, 9.17) is 0 Å². The fourth-order valence-electron chi connectivity index (χ4n) is 2.88. The zero-order valence-electron chi connectivity index (χ0n) is 14.7. The Labute approximate surface area is 137 Å². The number of ketones is 1. The van der Waals surface area contributed by atoms with Gasteiger partial charge in [0.25, 0.3) is 0 Å². The minimum absolute atomic E-state index is 0.241. The second kappa shape index (κ2) is 12.4. The number of benzene rings is 1. The van der Waals surface area contributed by atoms with Crippen molar-refractivity contribution in [2.24, 2.45) is 0 Å². The molecule has 0 spiro atoms. The Bertz CT molecular complexity index is 391. The van der Waals surface area contributed by atoms with Gasteiger partial charge in [0.15, 0.2) is 5.78 Å². The number of hydrogen-bond acceptors (Lipinski definition) is 1. The molecule has 0 amide bonds. The van der Waals surface area contributed by atoms with Crippen molar-refractivity contribution in [1.29, 1.82) is 0 Å². The average molecular weight is 303 g/mol. The van der Waals surface area contributed by atoms with Gasteiger partial charge in [-0.1, -0.05) is 95.9 Å². The molecule has 0 aromatic heterocycles. The molecule has 1 rings (SSSR count). The standard InChI is InChI=1S/C21H34O/c1-3-5-6-7-8-9-10-11-12-13-14-19-15-17-20(18-16-19)21(22)4-2/h15-18H,3-14H2,1-2H3. The van der Waals surface area contributed by atoms with Crippen LogP contribution in [0.1, 0.15) is 100 Å². The number of carbonyl (C=O) groups excluding carboxylic acids is 1. The van der Waals surface area contributed by atoms with Crippen LogP contribution in [0, 0.1) is 0 Å². The van der Waals surface area contributed by atoms with E-state index in [2.05, 4.69) is 19.1 Å². The Morgan fingerprint density at radius 3 is 1.73 bits per heavy atom. The van der Waals surface area contributed by atoms with E-state index in [0.29, 0.717) is 6.42 Å². The Hall–Kier alpha value is -1.11. The number of hydrogen-bond donors (Lipinski definition) is 0. The second-order valence-corrected chi connectivity index (χ2v) is 6.41. The predicted molar refractivity (Wildman–Crippen MR) is 96.6 cm³/mol. The molecule has 0 saturated heterocycles. The highest BCUT2D eigenvalue weighted by Crippen LogP contribution is 2.13. The predicted octanol–water partition coefficient (Wildman–Crippen LogP) is 6.74. The van der Waals surface area contributed by atoms with Crippen LogP contribution in [0.25, 0.3) is 0 Å². The number of unbranched alkanes of at least 4 members (excludes halogenated alkanes) is 9. The van der Waals surface area contributed by atoms with Gasteiger partial charge in [-0.3, -0.25) is 4.79 Å². The van der Waals surface area contributed by atoms with Gasteiger partial charge in [-0.25, -0.2) is 0 Å². The lowest BCUT2D eigenvalue weighted by atomic mass is 10.0. The van der Waals surface area contributed by atoms with Gasteiger partial charge in [0.05, 0.1) is 0 Å². The maximum atomic E-state index is 11.6. The fourth-order valence-corrected chi connectivity index (χ4v) is 2.88. The lowest BCUT2D eigenvalue weighted by molar-refractivity contribution is 0.0988. The van der Waals surface area contributed by atoms with Crippen LogP contribution in [0.5, 0.6) is 0 Å². The summed E-state index contributed by atoms with van der Waals surface area (Å²) in [5, 5.41) is 0. The Kier molecular flexibility index (Phi) is 10.7. The second-order valence-electron chi connectivity index (χ2n) is 6.41. The first-order valence-corrected chi connectivity index (χ1v) is 9.40. The smallest absolute Gasteiger partial charge is 0.162 e. The molecule has 0 fully saturated rings. The molecule has 0 saturated carbocycles. The largest absolute Gasteiger partial charge is 0.294 e. The molecule has 1 nitrogen and oxygen atoms in total. The quantitative estimate of drug-likeness (QED) is 0.291.